The van der Waals surface area contributed by atoms with Crippen molar-refractivity contribution in [1.82, 2.24) is 15.0 Å². The summed E-state index contributed by atoms with van der Waals surface area (Å²) < 4.78 is 5.44. The number of aromatic nitrogens is 2. The lowest BCUT2D eigenvalue weighted by molar-refractivity contribution is 0.171. The Morgan fingerprint density at radius 1 is 1.50 bits per heavy atom. The van der Waals surface area contributed by atoms with Crippen molar-refractivity contribution in [1.29, 1.82) is 0 Å². The zero-order valence-corrected chi connectivity index (χ0v) is 10.8. The third-order valence-electron chi connectivity index (χ3n) is 3.82. The number of fused-ring (bicyclic) bond motifs is 1. The summed E-state index contributed by atoms with van der Waals surface area (Å²) in [5.41, 5.74) is 9.75. The number of hydrogen-bond acceptors (Lipinski definition) is 5. The van der Waals surface area contributed by atoms with Crippen LogP contribution in [0, 0.1) is 6.92 Å². The van der Waals surface area contributed by atoms with Gasteiger partial charge in [-0.1, -0.05) is 5.16 Å². The number of nitrogens with zero attached hydrogens (tertiary/aromatic N) is 3. The van der Waals surface area contributed by atoms with Crippen molar-refractivity contribution in [3.8, 4) is 0 Å². The zero-order valence-electron chi connectivity index (χ0n) is 10.8. The van der Waals surface area contributed by atoms with Gasteiger partial charge in [-0.05, 0) is 39.4 Å². The van der Waals surface area contributed by atoms with E-state index in [0.717, 1.165) is 41.7 Å². The summed E-state index contributed by atoms with van der Waals surface area (Å²) in [6.07, 6.45) is 3.84. The van der Waals surface area contributed by atoms with Crippen LogP contribution in [0.1, 0.15) is 30.1 Å². The Hall–Kier alpha value is -1.46. The van der Waals surface area contributed by atoms with Crippen LogP contribution < -0.4 is 5.73 Å². The molecule has 0 aliphatic carbocycles. The molecule has 0 bridgehead atoms. The van der Waals surface area contributed by atoms with E-state index in [0.29, 0.717) is 6.04 Å². The maximum atomic E-state index is 6.09. The van der Waals surface area contributed by atoms with Crippen LogP contribution in [0.4, 0.5) is 0 Å². The molecule has 1 saturated heterocycles. The maximum absolute atomic E-state index is 6.09. The molecule has 0 saturated carbocycles. The lowest BCUT2D eigenvalue weighted by atomic mass is 9.93. The van der Waals surface area contributed by atoms with E-state index in [1.807, 2.05) is 19.2 Å². The maximum Gasteiger partial charge on any atom is 0.190 e. The van der Waals surface area contributed by atoms with Gasteiger partial charge in [-0.3, -0.25) is 9.88 Å². The SMILES string of the molecule is Cc1noc2c(C3CC(N)CCN3C)ccnc12. The minimum atomic E-state index is 0.262. The summed E-state index contributed by atoms with van der Waals surface area (Å²) in [6, 6.07) is 2.58. The van der Waals surface area contributed by atoms with E-state index in [2.05, 4.69) is 22.1 Å². The molecule has 2 N–H and O–H groups in total. The van der Waals surface area contributed by atoms with Crippen LogP contribution in [0.15, 0.2) is 16.8 Å². The molecule has 18 heavy (non-hydrogen) atoms. The lowest BCUT2D eigenvalue weighted by Gasteiger charge is -2.35. The lowest BCUT2D eigenvalue weighted by Crippen LogP contribution is -2.39. The van der Waals surface area contributed by atoms with Gasteiger partial charge in [-0.2, -0.15) is 0 Å². The summed E-state index contributed by atoms with van der Waals surface area (Å²) in [6.45, 7) is 2.93. The number of aryl methyl sites for hydroxylation is 1. The van der Waals surface area contributed by atoms with Gasteiger partial charge in [0.15, 0.2) is 5.58 Å². The topological polar surface area (TPSA) is 68.2 Å². The normalized spacial score (nSPS) is 25.7. The molecule has 96 valence electrons. The molecule has 1 aliphatic rings. The fraction of sp³-hybridized carbons (Fsp3) is 0.538. The van der Waals surface area contributed by atoms with Crippen molar-refractivity contribution in [2.24, 2.45) is 5.73 Å². The van der Waals surface area contributed by atoms with Crippen molar-refractivity contribution >= 4 is 11.1 Å². The van der Waals surface area contributed by atoms with Crippen LogP contribution in [-0.2, 0) is 0 Å². The van der Waals surface area contributed by atoms with Gasteiger partial charge in [-0.15, -0.1) is 0 Å². The Morgan fingerprint density at radius 2 is 2.33 bits per heavy atom. The van der Waals surface area contributed by atoms with Crippen LogP contribution in [0.5, 0.6) is 0 Å². The van der Waals surface area contributed by atoms with Crippen LogP contribution in [0.3, 0.4) is 0 Å². The molecule has 0 amide bonds. The molecule has 5 heteroatoms. The second-order valence-corrected chi connectivity index (χ2v) is 5.13. The number of pyridine rings is 1. The molecule has 2 aromatic heterocycles. The van der Waals surface area contributed by atoms with Crippen molar-refractivity contribution in [3.63, 3.8) is 0 Å². The van der Waals surface area contributed by atoms with Gasteiger partial charge < -0.3 is 10.3 Å². The summed E-state index contributed by atoms with van der Waals surface area (Å²) in [5.74, 6) is 0. The molecular weight excluding hydrogens is 228 g/mol. The molecule has 0 spiro atoms. The summed E-state index contributed by atoms with van der Waals surface area (Å²) in [4.78, 5) is 6.66. The monoisotopic (exact) mass is 246 g/mol. The molecule has 3 rings (SSSR count). The molecule has 2 aromatic rings. The highest BCUT2D eigenvalue weighted by Crippen LogP contribution is 2.33. The highest BCUT2D eigenvalue weighted by molar-refractivity contribution is 5.78. The van der Waals surface area contributed by atoms with E-state index < -0.39 is 0 Å². The summed E-state index contributed by atoms with van der Waals surface area (Å²) in [5, 5.41) is 4.01. The van der Waals surface area contributed by atoms with Crippen molar-refractivity contribution < 1.29 is 4.52 Å². The summed E-state index contributed by atoms with van der Waals surface area (Å²) in [7, 11) is 2.13. The number of nitrogens with two attached hydrogens (primary N) is 1. The van der Waals surface area contributed by atoms with Gasteiger partial charge in [0.2, 0.25) is 0 Å². The number of hydrogen-bond donors (Lipinski definition) is 1. The number of rotatable bonds is 1. The first-order valence-electron chi connectivity index (χ1n) is 6.33. The zero-order chi connectivity index (χ0) is 12.7. The molecule has 0 aromatic carbocycles. The summed E-state index contributed by atoms with van der Waals surface area (Å²) >= 11 is 0. The van der Waals surface area contributed by atoms with E-state index in [1.54, 1.807) is 0 Å². The minimum absolute atomic E-state index is 0.262. The standard InChI is InChI=1S/C13H18N4O/c1-8-12-13(18-16-8)10(3-5-15-12)11-7-9(14)4-6-17(11)2/h3,5,9,11H,4,6-7,14H2,1-2H3. The third-order valence-corrected chi connectivity index (χ3v) is 3.82. The minimum Gasteiger partial charge on any atom is -0.354 e. The van der Waals surface area contributed by atoms with Gasteiger partial charge in [0.25, 0.3) is 0 Å². The van der Waals surface area contributed by atoms with Gasteiger partial charge in [0.05, 0.1) is 0 Å². The Balaban J connectivity index is 2.07. The Morgan fingerprint density at radius 3 is 3.17 bits per heavy atom. The molecule has 3 heterocycles. The molecule has 1 fully saturated rings. The fourth-order valence-electron chi connectivity index (χ4n) is 2.71. The van der Waals surface area contributed by atoms with Crippen LogP contribution >= 0.6 is 0 Å². The van der Waals surface area contributed by atoms with Crippen LogP contribution in [0.2, 0.25) is 0 Å². The third kappa shape index (κ3) is 1.79. The second-order valence-electron chi connectivity index (χ2n) is 5.13. The molecule has 2 atom stereocenters. The average molecular weight is 246 g/mol. The molecular formula is C13H18N4O. The Labute approximate surface area is 106 Å². The number of piperidine rings is 1. The van der Waals surface area contributed by atoms with Crippen molar-refractivity contribution in [2.75, 3.05) is 13.6 Å². The fourth-order valence-corrected chi connectivity index (χ4v) is 2.71. The van der Waals surface area contributed by atoms with Crippen LogP contribution in [-0.4, -0.2) is 34.7 Å². The highest BCUT2D eigenvalue weighted by atomic mass is 16.5. The first-order valence-corrected chi connectivity index (χ1v) is 6.33. The molecule has 2 unspecified atom stereocenters. The van der Waals surface area contributed by atoms with Crippen molar-refractivity contribution in [2.45, 2.75) is 31.8 Å². The Kier molecular flexibility index (Phi) is 2.80. The largest absolute Gasteiger partial charge is 0.354 e. The van der Waals surface area contributed by atoms with Crippen LogP contribution in [0.25, 0.3) is 11.1 Å². The average Bonchev–Trinajstić information content (AvgIpc) is 2.75. The quantitative estimate of drug-likeness (QED) is 0.828. The predicted molar refractivity (Wildman–Crippen MR) is 69.1 cm³/mol. The van der Waals surface area contributed by atoms with E-state index in [9.17, 15) is 0 Å². The van der Waals surface area contributed by atoms with Gasteiger partial charge in [0, 0.05) is 23.8 Å². The smallest absolute Gasteiger partial charge is 0.190 e. The predicted octanol–water partition coefficient (Wildman–Crippen LogP) is 1.63. The highest BCUT2D eigenvalue weighted by Gasteiger charge is 2.28. The van der Waals surface area contributed by atoms with Gasteiger partial charge >= 0.3 is 0 Å². The Bertz CT molecular complexity index is 565. The van der Waals surface area contributed by atoms with Gasteiger partial charge in [0.1, 0.15) is 11.2 Å². The second kappa shape index (κ2) is 4.33. The first-order chi connectivity index (χ1) is 8.66. The van der Waals surface area contributed by atoms with Crippen molar-refractivity contribution in [3.05, 3.63) is 23.5 Å². The molecule has 1 aliphatic heterocycles. The molecule has 0 radical (unpaired) electrons. The van der Waals surface area contributed by atoms with E-state index in [1.165, 1.54) is 0 Å². The van der Waals surface area contributed by atoms with E-state index in [-0.39, 0.29) is 6.04 Å². The molecule has 5 nitrogen and oxygen atoms in total. The van der Waals surface area contributed by atoms with Gasteiger partial charge in [-0.25, -0.2) is 0 Å². The first kappa shape index (κ1) is 11.6. The van der Waals surface area contributed by atoms with E-state index in [4.69, 9.17) is 10.3 Å². The van der Waals surface area contributed by atoms with E-state index >= 15 is 0 Å². The number of likely N-dealkylation sites (tertiary alicyclic amines) is 1.